The largest absolute Gasteiger partial charge is 0.450 e. The fraction of sp³-hybridized carbons (Fsp3) is 0.542. The van der Waals surface area contributed by atoms with Gasteiger partial charge >= 0.3 is 6.09 Å². The van der Waals surface area contributed by atoms with E-state index in [0.717, 1.165) is 0 Å². The molecular weight excluding hydrogens is 429 g/mol. The Kier molecular flexibility index (Phi) is 5.39. The molecule has 0 radical (unpaired) electrons. The smallest absolute Gasteiger partial charge is 0.409 e. The van der Waals surface area contributed by atoms with E-state index in [2.05, 4.69) is 5.32 Å². The lowest BCUT2D eigenvalue weighted by Gasteiger charge is -2.37. The molecule has 3 fully saturated rings. The van der Waals surface area contributed by atoms with E-state index in [1.54, 1.807) is 30.9 Å². The van der Waals surface area contributed by atoms with Crippen molar-refractivity contribution in [2.75, 3.05) is 31.6 Å². The molecular formula is C24H28FN3O5. The van der Waals surface area contributed by atoms with E-state index in [1.165, 1.54) is 6.07 Å². The summed E-state index contributed by atoms with van der Waals surface area (Å²) in [5, 5.41) is 2.77. The molecule has 176 valence electrons. The number of piperidine rings is 1. The molecule has 2 unspecified atom stereocenters. The van der Waals surface area contributed by atoms with E-state index in [-0.39, 0.29) is 23.9 Å². The van der Waals surface area contributed by atoms with Crippen molar-refractivity contribution in [2.24, 2.45) is 11.8 Å². The number of carbonyl (C=O) groups excluding carboxylic acids is 3. The van der Waals surface area contributed by atoms with Crippen LogP contribution >= 0.6 is 0 Å². The maximum Gasteiger partial charge on any atom is 0.409 e. The monoisotopic (exact) mass is 457 g/mol. The summed E-state index contributed by atoms with van der Waals surface area (Å²) in [6.45, 7) is 5.20. The number of nitrogens with one attached hydrogen (secondary N) is 1. The van der Waals surface area contributed by atoms with Gasteiger partial charge in [-0.25, -0.2) is 9.18 Å². The van der Waals surface area contributed by atoms with Gasteiger partial charge in [0.25, 0.3) is 0 Å². The van der Waals surface area contributed by atoms with Crippen LogP contribution in [-0.4, -0.2) is 71.7 Å². The van der Waals surface area contributed by atoms with Gasteiger partial charge in [0.1, 0.15) is 11.4 Å². The maximum atomic E-state index is 13.9. The number of anilines is 1. The number of benzene rings is 1. The predicted molar refractivity (Wildman–Crippen MR) is 117 cm³/mol. The van der Waals surface area contributed by atoms with Gasteiger partial charge in [-0.2, -0.15) is 0 Å². The first-order chi connectivity index (χ1) is 15.8. The highest BCUT2D eigenvalue weighted by molar-refractivity contribution is 5.99. The number of ether oxygens (including phenoxy) is 2. The van der Waals surface area contributed by atoms with Crippen molar-refractivity contribution in [2.45, 2.75) is 44.4 Å². The highest BCUT2D eigenvalue weighted by Gasteiger charge is 2.67. The maximum absolute atomic E-state index is 13.9. The third-order valence-corrected chi connectivity index (χ3v) is 7.30. The third-order valence-electron chi connectivity index (χ3n) is 7.30. The molecule has 4 atom stereocenters. The Labute approximate surface area is 191 Å². The number of rotatable bonds is 4. The minimum absolute atomic E-state index is 0.0193. The lowest BCUT2D eigenvalue weighted by atomic mass is 9.76. The van der Waals surface area contributed by atoms with Crippen molar-refractivity contribution in [3.8, 4) is 0 Å². The zero-order valence-electron chi connectivity index (χ0n) is 18.8. The molecule has 3 amide bonds. The summed E-state index contributed by atoms with van der Waals surface area (Å²) in [6.07, 6.45) is 4.29. The molecule has 2 bridgehead atoms. The van der Waals surface area contributed by atoms with Crippen LogP contribution < -0.4 is 5.32 Å². The third kappa shape index (κ3) is 3.58. The standard InChI is InChI=1S/C24H28FN3O5/c1-3-32-23(31)27-10-7-16(8-11-27)28-13-24-9-6-18(33-24)19(20(24)22(28)30)21(29)26-15-5-4-14(2)17(25)12-15/h4-6,9,12,16,18-20H,3,7-8,10-11,13H2,1-2H3,(H,26,29)/t18-,19?,20-,24?/m1/s1. The molecule has 4 heterocycles. The van der Waals surface area contributed by atoms with Gasteiger partial charge in [0.2, 0.25) is 11.8 Å². The van der Waals surface area contributed by atoms with Crippen molar-refractivity contribution < 1.29 is 28.2 Å². The Balaban J connectivity index is 1.29. The first-order valence-corrected chi connectivity index (χ1v) is 11.5. The molecule has 1 aromatic carbocycles. The number of likely N-dealkylation sites (tertiary alicyclic amines) is 2. The van der Waals surface area contributed by atoms with Gasteiger partial charge in [-0.3, -0.25) is 9.59 Å². The van der Waals surface area contributed by atoms with Gasteiger partial charge in [0.15, 0.2) is 0 Å². The van der Waals surface area contributed by atoms with E-state index in [1.807, 2.05) is 17.1 Å². The van der Waals surface area contributed by atoms with Gasteiger partial charge in [0.05, 0.1) is 31.1 Å². The van der Waals surface area contributed by atoms with Crippen LogP contribution in [0.15, 0.2) is 30.4 Å². The molecule has 0 aromatic heterocycles. The van der Waals surface area contributed by atoms with Gasteiger partial charge in [0, 0.05) is 24.8 Å². The minimum Gasteiger partial charge on any atom is -0.450 e. The van der Waals surface area contributed by atoms with Crippen molar-refractivity contribution in [1.29, 1.82) is 0 Å². The molecule has 3 saturated heterocycles. The molecule has 5 rings (SSSR count). The molecule has 1 spiro atoms. The predicted octanol–water partition coefficient (Wildman–Crippen LogP) is 2.48. The number of fused-ring (bicyclic) bond motifs is 1. The summed E-state index contributed by atoms with van der Waals surface area (Å²) in [5.41, 5.74) is 0.0481. The van der Waals surface area contributed by atoms with Crippen LogP contribution in [0.1, 0.15) is 25.3 Å². The summed E-state index contributed by atoms with van der Waals surface area (Å²) in [5.74, 6) is -2.11. The Bertz CT molecular complexity index is 1020. The second-order valence-corrected chi connectivity index (χ2v) is 9.24. The lowest BCUT2D eigenvalue weighted by molar-refractivity contribution is -0.138. The van der Waals surface area contributed by atoms with Gasteiger partial charge in [-0.1, -0.05) is 18.2 Å². The summed E-state index contributed by atoms with van der Waals surface area (Å²) in [6, 6.07) is 4.52. The highest BCUT2D eigenvalue weighted by Crippen LogP contribution is 2.52. The van der Waals surface area contributed by atoms with Crippen LogP contribution in [0, 0.1) is 24.6 Å². The molecule has 1 aromatic rings. The average Bonchev–Trinajstić information content (AvgIpc) is 3.45. The number of aryl methyl sites for hydroxylation is 1. The SMILES string of the molecule is CCOC(=O)N1CCC(N2CC34C=C[C@@H](O3)C(C(=O)Nc3ccc(C)c(F)c3)[C@@H]4C2=O)CC1. The molecule has 33 heavy (non-hydrogen) atoms. The average molecular weight is 458 g/mol. The molecule has 0 aliphatic carbocycles. The highest BCUT2D eigenvalue weighted by atomic mass is 19.1. The second kappa shape index (κ2) is 8.13. The van der Waals surface area contributed by atoms with Gasteiger partial charge in [-0.05, 0) is 44.4 Å². The molecule has 8 nitrogen and oxygen atoms in total. The van der Waals surface area contributed by atoms with Crippen molar-refractivity contribution in [3.05, 3.63) is 41.7 Å². The van der Waals surface area contributed by atoms with Crippen LogP contribution in [0.25, 0.3) is 0 Å². The van der Waals surface area contributed by atoms with Crippen molar-refractivity contribution >= 4 is 23.6 Å². The topological polar surface area (TPSA) is 88.2 Å². The van der Waals surface area contributed by atoms with E-state index in [4.69, 9.17) is 9.47 Å². The Morgan fingerprint density at radius 3 is 2.76 bits per heavy atom. The summed E-state index contributed by atoms with van der Waals surface area (Å²) in [4.78, 5) is 42.2. The molecule has 9 heteroatoms. The quantitative estimate of drug-likeness (QED) is 0.702. The van der Waals surface area contributed by atoms with Gasteiger partial charge < -0.3 is 24.6 Å². The second-order valence-electron chi connectivity index (χ2n) is 9.24. The first-order valence-electron chi connectivity index (χ1n) is 11.5. The minimum atomic E-state index is -0.805. The van der Waals surface area contributed by atoms with Crippen LogP contribution in [0.2, 0.25) is 0 Å². The Morgan fingerprint density at radius 2 is 2.06 bits per heavy atom. The Hall–Kier alpha value is -2.94. The van der Waals surface area contributed by atoms with Crippen molar-refractivity contribution in [3.63, 3.8) is 0 Å². The summed E-state index contributed by atoms with van der Waals surface area (Å²) in [7, 11) is 0. The van der Waals surface area contributed by atoms with E-state index < -0.39 is 29.4 Å². The van der Waals surface area contributed by atoms with E-state index in [9.17, 15) is 18.8 Å². The molecule has 0 saturated carbocycles. The zero-order valence-corrected chi connectivity index (χ0v) is 18.8. The first kappa shape index (κ1) is 21.9. The number of hydrogen-bond donors (Lipinski definition) is 1. The number of hydrogen-bond acceptors (Lipinski definition) is 5. The van der Waals surface area contributed by atoms with Crippen LogP contribution in [0.5, 0.6) is 0 Å². The fourth-order valence-electron chi connectivity index (χ4n) is 5.61. The lowest BCUT2D eigenvalue weighted by Crippen LogP contribution is -2.49. The fourth-order valence-corrected chi connectivity index (χ4v) is 5.61. The number of amides is 3. The van der Waals surface area contributed by atoms with E-state index in [0.29, 0.717) is 50.3 Å². The Morgan fingerprint density at radius 1 is 1.30 bits per heavy atom. The van der Waals surface area contributed by atoms with Gasteiger partial charge in [-0.15, -0.1) is 0 Å². The number of carbonyl (C=O) groups is 3. The van der Waals surface area contributed by atoms with Crippen LogP contribution in [0.3, 0.4) is 0 Å². The van der Waals surface area contributed by atoms with Crippen molar-refractivity contribution in [1.82, 2.24) is 9.80 Å². The summed E-state index contributed by atoms with van der Waals surface area (Å²) >= 11 is 0. The molecule has 1 N–H and O–H groups in total. The summed E-state index contributed by atoms with van der Waals surface area (Å²) < 4.78 is 25.2. The van der Waals surface area contributed by atoms with Crippen LogP contribution in [0.4, 0.5) is 14.9 Å². The molecule has 4 aliphatic rings. The number of nitrogens with zero attached hydrogens (tertiary/aromatic N) is 2. The van der Waals surface area contributed by atoms with Crippen LogP contribution in [-0.2, 0) is 19.1 Å². The number of halogens is 1. The van der Waals surface area contributed by atoms with E-state index >= 15 is 0 Å². The normalized spacial score (nSPS) is 30.6. The molecule has 4 aliphatic heterocycles. The zero-order chi connectivity index (χ0) is 23.3.